The summed E-state index contributed by atoms with van der Waals surface area (Å²) in [4.78, 5) is 18.2. The van der Waals surface area contributed by atoms with Gasteiger partial charge in [0.1, 0.15) is 6.54 Å². The lowest BCUT2D eigenvalue weighted by Crippen LogP contribution is -2.24. The summed E-state index contributed by atoms with van der Waals surface area (Å²) in [6, 6.07) is 10.6. The maximum absolute atomic E-state index is 13.4. The first-order valence-electron chi connectivity index (χ1n) is 10.0. The third-order valence-corrected chi connectivity index (χ3v) is 5.31. The average molecular weight is 438 g/mol. The number of nitrogens with two attached hydrogens (primary N) is 1. The standard InChI is InChI=1S/C21H20F2N8O/c22-21(23)6-8-29(13-21)17-3-1-16(2-4-17)26-19(32)12-30-11-15(10-25-30)14-5-7-31-18(9-14)27-20(24)28-31/h1-5,7,9-11H,6,8,12-13H2,(H2,24,28)(H,26,32). The van der Waals surface area contributed by atoms with Gasteiger partial charge < -0.3 is 16.0 Å². The molecule has 0 saturated carbocycles. The molecule has 0 unspecified atom stereocenters. The van der Waals surface area contributed by atoms with E-state index in [0.29, 0.717) is 23.6 Å². The summed E-state index contributed by atoms with van der Waals surface area (Å²) < 4.78 is 29.9. The number of hydrogen-bond acceptors (Lipinski definition) is 6. The number of nitrogens with zero attached hydrogens (tertiary/aromatic N) is 6. The second kappa shape index (κ2) is 7.59. The summed E-state index contributed by atoms with van der Waals surface area (Å²) in [7, 11) is 0. The van der Waals surface area contributed by atoms with Crippen molar-refractivity contribution in [2.24, 2.45) is 0 Å². The number of benzene rings is 1. The molecular weight excluding hydrogens is 418 g/mol. The lowest BCUT2D eigenvalue weighted by molar-refractivity contribution is -0.116. The molecule has 164 valence electrons. The van der Waals surface area contributed by atoms with E-state index in [9.17, 15) is 13.6 Å². The highest BCUT2D eigenvalue weighted by atomic mass is 19.3. The number of alkyl halides is 2. The Balaban J connectivity index is 1.21. The molecule has 32 heavy (non-hydrogen) atoms. The van der Waals surface area contributed by atoms with Crippen LogP contribution >= 0.6 is 0 Å². The zero-order chi connectivity index (χ0) is 22.3. The van der Waals surface area contributed by atoms with Gasteiger partial charge in [-0.05, 0) is 42.0 Å². The summed E-state index contributed by atoms with van der Waals surface area (Å²) in [5.41, 5.74) is 9.24. The summed E-state index contributed by atoms with van der Waals surface area (Å²) in [6.45, 7) is 0.0652. The van der Waals surface area contributed by atoms with Gasteiger partial charge >= 0.3 is 0 Å². The SMILES string of the molecule is Nc1nc2cc(-c3cnn(CC(=O)Nc4ccc(N5CCC(F)(F)C5)cc4)c3)ccn2n1. The molecule has 3 N–H and O–H groups in total. The van der Waals surface area contributed by atoms with Gasteiger partial charge in [0.2, 0.25) is 11.9 Å². The number of carbonyl (C=O) groups is 1. The van der Waals surface area contributed by atoms with E-state index in [0.717, 1.165) is 11.1 Å². The van der Waals surface area contributed by atoms with Gasteiger partial charge in [-0.3, -0.25) is 9.48 Å². The number of anilines is 3. The zero-order valence-corrected chi connectivity index (χ0v) is 16.9. The van der Waals surface area contributed by atoms with Gasteiger partial charge in [0.15, 0.2) is 5.65 Å². The number of fused-ring (bicyclic) bond motifs is 1. The molecule has 1 amide bonds. The summed E-state index contributed by atoms with van der Waals surface area (Å²) in [6.07, 6.45) is 5.05. The normalized spacial score (nSPS) is 15.4. The molecule has 11 heteroatoms. The zero-order valence-electron chi connectivity index (χ0n) is 16.9. The monoisotopic (exact) mass is 438 g/mol. The molecule has 1 aliphatic heterocycles. The molecule has 1 aromatic carbocycles. The quantitative estimate of drug-likeness (QED) is 0.496. The van der Waals surface area contributed by atoms with E-state index in [-0.39, 0.29) is 31.4 Å². The Hall–Kier alpha value is -4.02. The number of nitrogens with one attached hydrogen (secondary N) is 1. The van der Waals surface area contributed by atoms with Crippen molar-refractivity contribution in [3.05, 3.63) is 55.0 Å². The Bertz CT molecular complexity index is 1280. The summed E-state index contributed by atoms with van der Waals surface area (Å²) in [5, 5.41) is 11.1. The molecule has 0 aliphatic carbocycles. The van der Waals surface area contributed by atoms with Crippen molar-refractivity contribution in [1.82, 2.24) is 24.4 Å². The van der Waals surface area contributed by atoms with Crippen LogP contribution in [0.3, 0.4) is 0 Å². The predicted octanol–water partition coefficient (Wildman–Crippen LogP) is 2.66. The fourth-order valence-electron chi connectivity index (χ4n) is 3.74. The fraction of sp³-hybridized carbons (Fsp3) is 0.238. The van der Waals surface area contributed by atoms with E-state index >= 15 is 0 Å². The minimum absolute atomic E-state index is 0.0280. The lowest BCUT2D eigenvalue weighted by Gasteiger charge is -2.18. The number of pyridine rings is 1. The molecule has 5 rings (SSSR count). The minimum atomic E-state index is -2.65. The largest absolute Gasteiger partial charge is 0.366 e. The number of nitrogen functional groups attached to an aromatic ring is 1. The molecule has 0 atom stereocenters. The Morgan fingerprint density at radius 3 is 2.75 bits per heavy atom. The fourth-order valence-corrected chi connectivity index (χ4v) is 3.74. The van der Waals surface area contributed by atoms with Gasteiger partial charge in [0.25, 0.3) is 5.92 Å². The summed E-state index contributed by atoms with van der Waals surface area (Å²) in [5.74, 6) is -2.70. The van der Waals surface area contributed by atoms with Crippen molar-refractivity contribution in [3.8, 4) is 11.1 Å². The molecule has 4 heterocycles. The number of carbonyl (C=O) groups excluding carboxylic acids is 1. The van der Waals surface area contributed by atoms with Crippen molar-refractivity contribution in [2.75, 3.05) is 29.0 Å². The number of rotatable bonds is 5. The van der Waals surface area contributed by atoms with E-state index in [1.165, 1.54) is 4.68 Å². The highest BCUT2D eigenvalue weighted by molar-refractivity contribution is 5.90. The number of hydrogen-bond donors (Lipinski definition) is 2. The maximum Gasteiger partial charge on any atom is 0.266 e. The van der Waals surface area contributed by atoms with Crippen LogP contribution in [0.25, 0.3) is 16.8 Å². The first-order chi connectivity index (χ1) is 15.3. The molecule has 1 saturated heterocycles. The van der Waals surface area contributed by atoms with E-state index in [4.69, 9.17) is 5.73 Å². The highest BCUT2D eigenvalue weighted by Gasteiger charge is 2.38. The van der Waals surface area contributed by atoms with Crippen molar-refractivity contribution in [2.45, 2.75) is 18.9 Å². The Labute approximate surface area is 181 Å². The van der Waals surface area contributed by atoms with Gasteiger partial charge in [-0.1, -0.05) is 0 Å². The van der Waals surface area contributed by atoms with Gasteiger partial charge in [-0.15, -0.1) is 5.10 Å². The second-order valence-corrected chi connectivity index (χ2v) is 7.74. The third-order valence-electron chi connectivity index (χ3n) is 5.31. The molecule has 4 aromatic rings. The van der Waals surface area contributed by atoms with Crippen LogP contribution in [0.15, 0.2) is 55.0 Å². The lowest BCUT2D eigenvalue weighted by atomic mass is 10.1. The van der Waals surface area contributed by atoms with Crippen molar-refractivity contribution in [3.63, 3.8) is 0 Å². The Morgan fingerprint density at radius 2 is 2.00 bits per heavy atom. The first-order valence-corrected chi connectivity index (χ1v) is 10.0. The molecule has 0 radical (unpaired) electrons. The van der Waals surface area contributed by atoms with Crippen LogP contribution in [0, 0.1) is 0 Å². The van der Waals surface area contributed by atoms with Crippen LogP contribution in [-0.4, -0.2) is 49.3 Å². The van der Waals surface area contributed by atoms with Crippen LogP contribution in [0.2, 0.25) is 0 Å². The van der Waals surface area contributed by atoms with E-state index in [1.807, 2.05) is 12.1 Å². The van der Waals surface area contributed by atoms with Crippen molar-refractivity contribution < 1.29 is 13.6 Å². The van der Waals surface area contributed by atoms with Crippen molar-refractivity contribution >= 4 is 28.9 Å². The van der Waals surface area contributed by atoms with Gasteiger partial charge in [0, 0.05) is 42.3 Å². The van der Waals surface area contributed by atoms with Crippen molar-refractivity contribution in [1.29, 1.82) is 0 Å². The van der Waals surface area contributed by atoms with E-state index < -0.39 is 5.92 Å². The van der Waals surface area contributed by atoms with E-state index in [1.54, 1.807) is 52.3 Å². The maximum atomic E-state index is 13.4. The highest BCUT2D eigenvalue weighted by Crippen LogP contribution is 2.31. The van der Waals surface area contributed by atoms with Crippen LogP contribution in [-0.2, 0) is 11.3 Å². The first kappa shape index (κ1) is 19.9. The number of amides is 1. The third kappa shape index (κ3) is 4.09. The molecule has 1 aliphatic rings. The Kier molecular flexibility index (Phi) is 4.72. The van der Waals surface area contributed by atoms with Gasteiger partial charge in [0.05, 0.1) is 12.7 Å². The van der Waals surface area contributed by atoms with Crippen LogP contribution in [0.1, 0.15) is 6.42 Å². The predicted molar refractivity (Wildman–Crippen MR) is 115 cm³/mol. The molecular formula is C21H20F2N8O. The van der Waals surface area contributed by atoms with E-state index in [2.05, 4.69) is 20.5 Å². The second-order valence-electron chi connectivity index (χ2n) is 7.74. The topological polar surface area (TPSA) is 106 Å². The van der Waals surface area contributed by atoms with Crippen LogP contribution in [0.4, 0.5) is 26.1 Å². The minimum Gasteiger partial charge on any atom is -0.366 e. The van der Waals surface area contributed by atoms with Crippen LogP contribution in [0.5, 0.6) is 0 Å². The van der Waals surface area contributed by atoms with Crippen LogP contribution < -0.4 is 16.0 Å². The average Bonchev–Trinajstić information content (AvgIpc) is 3.45. The molecule has 0 bridgehead atoms. The summed E-state index contributed by atoms with van der Waals surface area (Å²) >= 11 is 0. The smallest absolute Gasteiger partial charge is 0.266 e. The molecule has 0 spiro atoms. The molecule has 1 fully saturated rings. The molecule has 3 aromatic heterocycles. The Morgan fingerprint density at radius 1 is 1.19 bits per heavy atom. The number of halogens is 2. The van der Waals surface area contributed by atoms with Gasteiger partial charge in [-0.2, -0.15) is 10.1 Å². The number of aromatic nitrogens is 5. The molecule has 9 nitrogen and oxygen atoms in total. The van der Waals surface area contributed by atoms with Gasteiger partial charge in [-0.25, -0.2) is 13.3 Å².